The molecule has 0 aliphatic carbocycles. The molecule has 2 aromatic heterocycles. The number of hydrogen-bond donors (Lipinski definition) is 1. The summed E-state index contributed by atoms with van der Waals surface area (Å²) in [6.07, 6.45) is 1.94. The summed E-state index contributed by atoms with van der Waals surface area (Å²) in [5.41, 5.74) is 0. The molecule has 3 aromatic rings. The second kappa shape index (κ2) is 9.29. The number of thiophene rings is 1. The van der Waals surface area contributed by atoms with Gasteiger partial charge in [-0.15, -0.1) is 28.2 Å². The lowest BCUT2D eigenvalue weighted by Crippen LogP contribution is -2.49. The molecule has 1 atom stereocenters. The number of rotatable bonds is 7. The van der Waals surface area contributed by atoms with E-state index in [1.165, 1.54) is 4.31 Å². The standard InChI is InChI=1S/C19H20N4O4S3/c24-18(15-9-4-5-11-23(15)30(25,26)17-10-6-12-28-17)20-19-22-21-16(27-19)13-29-14-7-2-1-3-8-14/h1-3,6-8,10,12,15H,4-5,9,11,13H2,(H,20,22,24). The summed E-state index contributed by atoms with van der Waals surface area (Å²) in [6, 6.07) is 12.2. The second-order valence-corrected chi connectivity index (χ2v) is 10.8. The van der Waals surface area contributed by atoms with Crippen LogP contribution in [0.15, 0.2) is 61.4 Å². The van der Waals surface area contributed by atoms with Gasteiger partial charge in [-0.05, 0) is 36.4 Å². The number of carbonyl (C=O) groups is 1. The Labute approximate surface area is 182 Å². The van der Waals surface area contributed by atoms with Crippen LogP contribution in [0.2, 0.25) is 0 Å². The summed E-state index contributed by atoms with van der Waals surface area (Å²) in [6.45, 7) is 0.307. The zero-order valence-corrected chi connectivity index (χ0v) is 18.4. The third kappa shape index (κ3) is 4.75. The third-order valence-electron chi connectivity index (χ3n) is 4.62. The summed E-state index contributed by atoms with van der Waals surface area (Å²) in [4.78, 5) is 13.9. The molecule has 3 heterocycles. The molecule has 1 unspecified atom stereocenters. The fraction of sp³-hybridized carbons (Fsp3) is 0.316. The van der Waals surface area contributed by atoms with Gasteiger partial charge in [-0.2, -0.15) is 4.31 Å². The first-order chi connectivity index (χ1) is 14.5. The van der Waals surface area contributed by atoms with E-state index in [1.807, 2.05) is 30.3 Å². The van der Waals surface area contributed by atoms with Gasteiger partial charge in [-0.25, -0.2) is 8.42 Å². The van der Waals surface area contributed by atoms with Gasteiger partial charge in [0.15, 0.2) is 0 Å². The van der Waals surface area contributed by atoms with E-state index in [2.05, 4.69) is 15.5 Å². The quantitative estimate of drug-likeness (QED) is 0.533. The van der Waals surface area contributed by atoms with Gasteiger partial charge >= 0.3 is 6.01 Å². The summed E-state index contributed by atoms with van der Waals surface area (Å²) in [7, 11) is -3.72. The normalized spacial score (nSPS) is 17.7. The molecule has 158 valence electrons. The third-order valence-corrected chi connectivity index (χ3v) is 8.89. The topological polar surface area (TPSA) is 105 Å². The van der Waals surface area contributed by atoms with Gasteiger partial charge in [0.2, 0.25) is 11.8 Å². The minimum Gasteiger partial charge on any atom is -0.407 e. The van der Waals surface area contributed by atoms with Crippen LogP contribution in [-0.4, -0.2) is 41.4 Å². The Morgan fingerprint density at radius 1 is 1.20 bits per heavy atom. The molecule has 0 spiro atoms. The number of anilines is 1. The van der Waals surface area contributed by atoms with E-state index >= 15 is 0 Å². The first-order valence-corrected chi connectivity index (χ1v) is 12.7. The van der Waals surface area contributed by atoms with Crippen LogP contribution in [0, 0.1) is 0 Å². The van der Waals surface area contributed by atoms with Crippen LogP contribution in [0.5, 0.6) is 0 Å². The molecule has 0 saturated carbocycles. The Kier molecular flexibility index (Phi) is 6.52. The highest BCUT2D eigenvalue weighted by molar-refractivity contribution is 7.98. The number of sulfonamides is 1. The van der Waals surface area contributed by atoms with Gasteiger partial charge in [-0.3, -0.25) is 10.1 Å². The zero-order chi connectivity index (χ0) is 21.0. The molecular weight excluding hydrogens is 444 g/mol. The number of aromatic nitrogens is 2. The molecule has 8 nitrogen and oxygen atoms in total. The van der Waals surface area contributed by atoms with E-state index in [0.29, 0.717) is 24.6 Å². The highest BCUT2D eigenvalue weighted by atomic mass is 32.2. The van der Waals surface area contributed by atoms with Crippen LogP contribution in [0.25, 0.3) is 0 Å². The Morgan fingerprint density at radius 3 is 2.80 bits per heavy atom. The van der Waals surface area contributed by atoms with Gasteiger partial charge in [-0.1, -0.05) is 35.8 Å². The molecule has 1 N–H and O–H groups in total. The molecule has 4 rings (SSSR count). The number of hydrogen-bond acceptors (Lipinski definition) is 8. The summed E-state index contributed by atoms with van der Waals surface area (Å²) in [5, 5.41) is 12.1. The molecule has 11 heteroatoms. The van der Waals surface area contributed by atoms with Gasteiger partial charge in [0.05, 0.1) is 5.75 Å². The predicted octanol–water partition coefficient (Wildman–Crippen LogP) is 3.61. The molecule has 1 aliphatic heterocycles. The van der Waals surface area contributed by atoms with Crippen LogP contribution >= 0.6 is 23.1 Å². The van der Waals surface area contributed by atoms with E-state index < -0.39 is 22.0 Å². The minimum atomic E-state index is -3.72. The Balaban J connectivity index is 1.42. The largest absolute Gasteiger partial charge is 0.407 e. The van der Waals surface area contributed by atoms with Crippen molar-refractivity contribution in [3.63, 3.8) is 0 Å². The van der Waals surface area contributed by atoms with Gasteiger partial charge in [0.1, 0.15) is 10.3 Å². The number of amides is 1. The van der Waals surface area contributed by atoms with E-state index in [9.17, 15) is 13.2 Å². The van der Waals surface area contributed by atoms with Crippen molar-refractivity contribution in [2.45, 2.75) is 40.2 Å². The van der Waals surface area contributed by atoms with Crippen molar-refractivity contribution in [2.75, 3.05) is 11.9 Å². The second-order valence-electron chi connectivity index (χ2n) is 6.65. The number of benzene rings is 1. The lowest BCUT2D eigenvalue weighted by molar-refractivity contribution is -0.120. The van der Waals surface area contributed by atoms with Crippen LogP contribution < -0.4 is 5.32 Å². The van der Waals surface area contributed by atoms with Crippen LogP contribution in [0.4, 0.5) is 6.01 Å². The van der Waals surface area contributed by atoms with E-state index in [0.717, 1.165) is 29.1 Å². The monoisotopic (exact) mass is 464 g/mol. The summed E-state index contributed by atoms with van der Waals surface area (Å²) < 4.78 is 32.9. The highest BCUT2D eigenvalue weighted by Gasteiger charge is 2.38. The average Bonchev–Trinajstić information content (AvgIpc) is 3.46. The number of nitrogens with one attached hydrogen (secondary N) is 1. The molecule has 1 amide bonds. The molecule has 1 aliphatic rings. The predicted molar refractivity (Wildman–Crippen MR) is 115 cm³/mol. The van der Waals surface area contributed by atoms with Gasteiger partial charge in [0.25, 0.3) is 10.0 Å². The van der Waals surface area contributed by atoms with Crippen molar-refractivity contribution in [2.24, 2.45) is 0 Å². The number of nitrogens with zero attached hydrogens (tertiary/aromatic N) is 3. The molecule has 0 radical (unpaired) electrons. The maximum Gasteiger partial charge on any atom is 0.322 e. The average molecular weight is 465 g/mol. The zero-order valence-electron chi connectivity index (χ0n) is 15.9. The summed E-state index contributed by atoms with van der Waals surface area (Å²) in [5.74, 6) is 0.390. The van der Waals surface area contributed by atoms with Crippen molar-refractivity contribution in [3.05, 3.63) is 53.7 Å². The first-order valence-electron chi connectivity index (χ1n) is 9.40. The lowest BCUT2D eigenvalue weighted by atomic mass is 10.0. The highest BCUT2D eigenvalue weighted by Crippen LogP contribution is 2.29. The van der Waals surface area contributed by atoms with Crippen molar-refractivity contribution in [1.82, 2.24) is 14.5 Å². The van der Waals surface area contributed by atoms with Crippen molar-refractivity contribution >= 4 is 45.0 Å². The SMILES string of the molecule is O=C(Nc1nnc(CSc2ccccc2)o1)C1CCCCN1S(=O)(=O)c1cccs1. The van der Waals surface area contributed by atoms with Crippen LogP contribution in [-0.2, 0) is 20.6 Å². The molecule has 1 saturated heterocycles. The van der Waals surface area contributed by atoms with E-state index in [4.69, 9.17) is 4.42 Å². The van der Waals surface area contributed by atoms with Crippen LogP contribution in [0.1, 0.15) is 25.2 Å². The maximum atomic E-state index is 12.9. The van der Waals surface area contributed by atoms with E-state index in [-0.39, 0.29) is 10.2 Å². The number of thioether (sulfide) groups is 1. The fourth-order valence-electron chi connectivity index (χ4n) is 3.19. The van der Waals surface area contributed by atoms with Gasteiger partial charge < -0.3 is 4.42 Å². The number of carbonyl (C=O) groups excluding carboxylic acids is 1. The molecular formula is C19H20N4O4S3. The van der Waals surface area contributed by atoms with E-state index in [1.54, 1.807) is 29.3 Å². The van der Waals surface area contributed by atoms with Crippen LogP contribution in [0.3, 0.4) is 0 Å². The number of piperidine rings is 1. The Morgan fingerprint density at radius 2 is 2.03 bits per heavy atom. The molecule has 1 aromatic carbocycles. The lowest BCUT2D eigenvalue weighted by Gasteiger charge is -2.32. The van der Waals surface area contributed by atoms with Crippen molar-refractivity contribution in [3.8, 4) is 0 Å². The Bertz CT molecular complexity index is 1080. The minimum absolute atomic E-state index is 0.0253. The van der Waals surface area contributed by atoms with Crippen molar-refractivity contribution < 1.29 is 17.6 Å². The molecule has 30 heavy (non-hydrogen) atoms. The fourth-order valence-corrected chi connectivity index (χ4v) is 6.73. The van der Waals surface area contributed by atoms with Crippen molar-refractivity contribution in [1.29, 1.82) is 0 Å². The molecule has 0 bridgehead atoms. The maximum absolute atomic E-state index is 12.9. The van der Waals surface area contributed by atoms with Gasteiger partial charge in [0, 0.05) is 11.4 Å². The molecule has 1 fully saturated rings. The Hall–Kier alpha value is -2.21. The first kappa shape index (κ1) is 21.0. The smallest absolute Gasteiger partial charge is 0.322 e. The summed E-state index contributed by atoms with van der Waals surface area (Å²) >= 11 is 2.68.